The standard InChI is InChI=1S/C20H19FN2O5/c1-13(19(25)22-11-10-14-6-8-15(21)9-7-14)27-18(24)12-23-16-4-2-3-5-17(16)28-20(23)26/h2-9,13H,10-12H2,1H3,(H,22,25). The molecule has 146 valence electrons. The Kier molecular flexibility index (Phi) is 5.88. The molecular weight excluding hydrogens is 367 g/mol. The molecule has 0 radical (unpaired) electrons. The summed E-state index contributed by atoms with van der Waals surface area (Å²) in [5.41, 5.74) is 1.71. The lowest BCUT2D eigenvalue weighted by molar-refractivity contribution is -0.155. The van der Waals surface area contributed by atoms with Crippen molar-refractivity contribution in [3.8, 4) is 0 Å². The van der Waals surface area contributed by atoms with Crippen LogP contribution in [0.1, 0.15) is 12.5 Å². The second-order valence-electron chi connectivity index (χ2n) is 6.22. The molecule has 0 saturated carbocycles. The van der Waals surface area contributed by atoms with Gasteiger partial charge in [-0.1, -0.05) is 24.3 Å². The Morgan fingerprint density at radius 3 is 2.64 bits per heavy atom. The molecule has 28 heavy (non-hydrogen) atoms. The number of benzene rings is 2. The highest BCUT2D eigenvalue weighted by atomic mass is 19.1. The third-order valence-corrected chi connectivity index (χ3v) is 4.16. The van der Waals surface area contributed by atoms with E-state index in [-0.39, 0.29) is 12.4 Å². The lowest BCUT2D eigenvalue weighted by Gasteiger charge is -2.13. The van der Waals surface area contributed by atoms with Gasteiger partial charge in [-0.3, -0.25) is 14.2 Å². The molecule has 2 aromatic carbocycles. The van der Waals surface area contributed by atoms with E-state index < -0.39 is 23.7 Å². The normalized spacial score (nSPS) is 11.9. The van der Waals surface area contributed by atoms with E-state index in [1.54, 1.807) is 36.4 Å². The molecule has 0 spiro atoms. The van der Waals surface area contributed by atoms with Crippen molar-refractivity contribution in [3.05, 3.63) is 70.5 Å². The van der Waals surface area contributed by atoms with Crippen molar-refractivity contribution in [2.24, 2.45) is 0 Å². The van der Waals surface area contributed by atoms with E-state index in [4.69, 9.17) is 9.15 Å². The topological polar surface area (TPSA) is 90.5 Å². The van der Waals surface area contributed by atoms with Gasteiger partial charge in [-0.05, 0) is 43.2 Å². The smallest absolute Gasteiger partial charge is 0.420 e. The Bertz CT molecular complexity index is 1040. The van der Waals surface area contributed by atoms with Gasteiger partial charge in [0.05, 0.1) is 5.52 Å². The van der Waals surface area contributed by atoms with E-state index in [1.165, 1.54) is 19.1 Å². The molecule has 1 amide bonds. The molecule has 7 nitrogen and oxygen atoms in total. The van der Waals surface area contributed by atoms with Gasteiger partial charge in [0.1, 0.15) is 12.4 Å². The molecule has 1 N–H and O–H groups in total. The number of ether oxygens (including phenoxy) is 1. The van der Waals surface area contributed by atoms with E-state index in [1.807, 2.05) is 0 Å². The highest BCUT2D eigenvalue weighted by Crippen LogP contribution is 2.11. The number of carbonyl (C=O) groups excluding carboxylic acids is 2. The average Bonchev–Trinajstić information content (AvgIpc) is 2.98. The van der Waals surface area contributed by atoms with E-state index in [2.05, 4.69) is 5.32 Å². The van der Waals surface area contributed by atoms with E-state index in [0.717, 1.165) is 10.1 Å². The summed E-state index contributed by atoms with van der Waals surface area (Å²) < 4.78 is 24.2. The molecular formula is C20H19FN2O5. The van der Waals surface area contributed by atoms with Gasteiger partial charge < -0.3 is 14.5 Å². The molecule has 0 fully saturated rings. The Balaban J connectivity index is 1.50. The van der Waals surface area contributed by atoms with Crippen LogP contribution in [0.25, 0.3) is 11.1 Å². The zero-order valence-electron chi connectivity index (χ0n) is 15.2. The predicted molar refractivity (Wildman–Crippen MR) is 99.1 cm³/mol. The number of oxazole rings is 1. The van der Waals surface area contributed by atoms with Gasteiger partial charge in [-0.15, -0.1) is 0 Å². The van der Waals surface area contributed by atoms with Crippen molar-refractivity contribution < 1.29 is 23.1 Å². The number of hydrogen-bond donors (Lipinski definition) is 1. The SMILES string of the molecule is CC(OC(=O)Cn1c(=O)oc2ccccc21)C(=O)NCCc1ccc(F)cc1. The minimum atomic E-state index is -1.02. The van der Waals surface area contributed by atoms with E-state index >= 15 is 0 Å². The zero-order chi connectivity index (χ0) is 20.1. The maximum atomic E-state index is 12.9. The first kappa shape index (κ1) is 19.3. The molecule has 0 aliphatic heterocycles. The third-order valence-electron chi connectivity index (χ3n) is 4.16. The maximum absolute atomic E-state index is 12.9. The summed E-state index contributed by atoms with van der Waals surface area (Å²) in [7, 11) is 0. The minimum absolute atomic E-state index is 0.318. The van der Waals surface area contributed by atoms with Crippen molar-refractivity contribution in [3.63, 3.8) is 0 Å². The van der Waals surface area contributed by atoms with Crippen molar-refractivity contribution in [1.29, 1.82) is 0 Å². The second kappa shape index (κ2) is 8.51. The summed E-state index contributed by atoms with van der Waals surface area (Å²) in [6.45, 7) is 1.41. The number of esters is 1. The number of nitrogens with one attached hydrogen (secondary N) is 1. The molecule has 0 bridgehead atoms. The molecule has 0 aliphatic rings. The van der Waals surface area contributed by atoms with Crippen LogP contribution in [0.15, 0.2) is 57.7 Å². The van der Waals surface area contributed by atoms with Crippen LogP contribution in [-0.4, -0.2) is 29.1 Å². The van der Waals surface area contributed by atoms with Crippen molar-refractivity contribution >= 4 is 23.0 Å². The zero-order valence-corrected chi connectivity index (χ0v) is 15.2. The summed E-state index contributed by atoms with van der Waals surface area (Å²) in [5.74, 6) is -2.18. The quantitative estimate of drug-likeness (QED) is 0.628. The van der Waals surface area contributed by atoms with Crippen LogP contribution in [0.4, 0.5) is 4.39 Å². The number of hydrogen-bond acceptors (Lipinski definition) is 5. The molecule has 1 atom stereocenters. The van der Waals surface area contributed by atoms with Crippen molar-refractivity contribution in [2.75, 3.05) is 6.54 Å². The third kappa shape index (κ3) is 4.64. The first-order valence-corrected chi connectivity index (χ1v) is 8.74. The number of carbonyl (C=O) groups is 2. The van der Waals surface area contributed by atoms with E-state index in [0.29, 0.717) is 24.1 Å². The Hall–Kier alpha value is -3.42. The maximum Gasteiger partial charge on any atom is 0.420 e. The molecule has 8 heteroatoms. The van der Waals surface area contributed by atoms with Crippen LogP contribution >= 0.6 is 0 Å². The predicted octanol–water partition coefficient (Wildman–Crippen LogP) is 2.02. The monoisotopic (exact) mass is 386 g/mol. The van der Waals surface area contributed by atoms with Crippen molar-refractivity contribution in [2.45, 2.75) is 26.0 Å². The summed E-state index contributed by atoms with van der Waals surface area (Å²) in [4.78, 5) is 36.1. The summed E-state index contributed by atoms with van der Waals surface area (Å²) in [6.07, 6.45) is -0.502. The van der Waals surface area contributed by atoms with Gasteiger partial charge in [0, 0.05) is 6.54 Å². The molecule has 0 aliphatic carbocycles. The number of nitrogens with zero attached hydrogens (tertiary/aromatic N) is 1. The second-order valence-corrected chi connectivity index (χ2v) is 6.22. The molecule has 3 aromatic rings. The summed E-state index contributed by atoms with van der Waals surface area (Å²) in [5, 5.41) is 2.65. The fraction of sp³-hybridized carbons (Fsp3) is 0.250. The van der Waals surface area contributed by atoms with Crippen LogP contribution in [0.3, 0.4) is 0 Å². The highest BCUT2D eigenvalue weighted by Gasteiger charge is 2.19. The van der Waals surface area contributed by atoms with E-state index in [9.17, 15) is 18.8 Å². The van der Waals surface area contributed by atoms with Gasteiger partial charge in [0.2, 0.25) is 0 Å². The number of fused-ring (bicyclic) bond motifs is 1. The molecule has 0 saturated heterocycles. The first-order valence-electron chi connectivity index (χ1n) is 8.74. The minimum Gasteiger partial charge on any atom is -0.451 e. The van der Waals surface area contributed by atoms with Gasteiger partial charge in [-0.25, -0.2) is 9.18 Å². The largest absolute Gasteiger partial charge is 0.451 e. The fourth-order valence-corrected chi connectivity index (χ4v) is 2.71. The Morgan fingerprint density at radius 2 is 1.89 bits per heavy atom. The fourth-order valence-electron chi connectivity index (χ4n) is 2.71. The Labute approximate surface area is 159 Å². The number of para-hydroxylation sites is 2. The molecule has 1 unspecified atom stereocenters. The summed E-state index contributed by atoms with van der Waals surface area (Å²) in [6, 6.07) is 12.7. The number of rotatable bonds is 7. The average molecular weight is 386 g/mol. The van der Waals surface area contributed by atoms with Crippen LogP contribution in [0, 0.1) is 5.82 Å². The number of aromatic nitrogens is 1. The number of amides is 1. The lowest BCUT2D eigenvalue weighted by atomic mass is 10.1. The van der Waals surface area contributed by atoms with Crippen LogP contribution < -0.4 is 11.1 Å². The Morgan fingerprint density at radius 1 is 1.18 bits per heavy atom. The van der Waals surface area contributed by atoms with Gasteiger partial charge >= 0.3 is 11.7 Å². The molecule has 1 heterocycles. The summed E-state index contributed by atoms with van der Waals surface area (Å²) >= 11 is 0. The van der Waals surface area contributed by atoms with Crippen LogP contribution in [0.5, 0.6) is 0 Å². The van der Waals surface area contributed by atoms with Crippen LogP contribution in [0.2, 0.25) is 0 Å². The lowest BCUT2D eigenvalue weighted by Crippen LogP contribution is -2.37. The van der Waals surface area contributed by atoms with Gasteiger partial charge in [0.15, 0.2) is 11.7 Å². The van der Waals surface area contributed by atoms with Crippen molar-refractivity contribution in [1.82, 2.24) is 9.88 Å². The van der Waals surface area contributed by atoms with Gasteiger partial charge in [-0.2, -0.15) is 0 Å². The van der Waals surface area contributed by atoms with Crippen LogP contribution in [-0.2, 0) is 27.3 Å². The number of halogens is 1. The highest BCUT2D eigenvalue weighted by molar-refractivity contribution is 5.83. The molecule has 3 rings (SSSR count). The first-order chi connectivity index (χ1) is 13.4. The van der Waals surface area contributed by atoms with Gasteiger partial charge in [0.25, 0.3) is 5.91 Å². The molecule has 1 aromatic heterocycles.